The number of ketones is 1. The van der Waals surface area contributed by atoms with Gasteiger partial charge in [0.25, 0.3) is 0 Å². The van der Waals surface area contributed by atoms with Crippen molar-refractivity contribution in [2.24, 2.45) is 0 Å². The van der Waals surface area contributed by atoms with Crippen molar-refractivity contribution in [2.45, 2.75) is 12.5 Å². The second-order valence-corrected chi connectivity index (χ2v) is 5.04. The van der Waals surface area contributed by atoms with Crippen molar-refractivity contribution in [1.82, 2.24) is 0 Å². The summed E-state index contributed by atoms with van der Waals surface area (Å²) in [6.07, 6.45) is 3.26. The summed E-state index contributed by atoms with van der Waals surface area (Å²) < 4.78 is 5.53. The quantitative estimate of drug-likeness (QED) is 0.758. The van der Waals surface area contributed by atoms with Crippen LogP contribution in [0.4, 0.5) is 0 Å². The summed E-state index contributed by atoms with van der Waals surface area (Å²) in [5.41, 5.74) is 1.18. The largest absolute Gasteiger partial charge is 0.508 e. The van der Waals surface area contributed by atoms with Crippen LogP contribution in [0.5, 0.6) is 23.0 Å². The molecule has 3 rings (SSSR count). The van der Waals surface area contributed by atoms with E-state index < -0.39 is 6.10 Å². The number of fused-ring (bicyclic) bond motifs is 1. The monoisotopic (exact) mass is 298 g/mol. The van der Waals surface area contributed by atoms with E-state index in [1.807, 2.05) is 0 Å². The van der Waals surface area contributed by atoms with Crippen LogP contribution in [0.3, 0.4) is 0 Å². The Bertz CT molecular complexity index is 764. The molecule has 0 bridgehead atoms. The number of rotatable bonds is 3. The van der Waals surface area contributed by atoms with Gasteiger partial charge in [-0.3, -0.25) is 4.79 Å². The van der Waals surface area contributed by atoms with E-state index in [2.05, 4.69) is 0 Å². The molecular weight excluding hydrogens is 284 g/mol. The van der Waals surface area contributed by atoms with Gasteiger partial charge in [0.05, 0.1) is 5.56 Å². The zero-order valence-corrected chi connectivity index (χ0v) is 11.6. The minimum Gasteiger partial charge on any atom is -0.508 e. The molecule has 0 amide bonds. The van der Waals surface area contributed by atoms with E-state index in [-0.39, 0.29) is 23.0 Å². The average Bonchev–Trinajstić information content (AvgIpc) is 2.79. The average molecular weight is 298 g/mol. The maximum absolute atomic E-state index is 12.1. The van der Waals surface area contributed by atoms with Crippen molar-refractivity contribution in [3.63, 3.8) is 0 Å². The molecule has 0 aromatic heterocycles. The minimum absolute atomic E-state index is 0.0577. The summed E-state index contributed by atoms with van der Waals surface area (Å²) in [6, 6.07) is 8.90. The zero-order valence-electron chi connectivity index (χ0n) is 11.6. The fourth-order valence-electron chi connectivity index (χ4n) is 2.32. The van der Waals surface area contributed by atoms with Gasteiger partial charge in [0.15, 0.2) is 17.6 Å². The third-order valence-electron chi connectivity index (χ3n) is 3.45. The Kier molecular flexibility index (Phi) is 3.47. The molecule has 2 aromatic carbocycles. The highest BCUT2D eigenvalue weighted by Gasteiger charge is 2.31. The molecule has 0 saturated carbocycles. The number of carbonyl (C=O) groups excluding carboxylic acids is 1. The van der Waals surface area contributed by atoms with Crippen molar-refractivity contribution >= 4 is 11.9 Å². The van der Waals surface area contributed by atoms with Crippen molar-refractivity contribution in [3.8, 4) is 23.0 Å². The first-order chi connectivity index (χ1) is 10.5. The molecule has 1 atom stereocenters. The number of hydrogen-bond acceptors (Lipinski definition) is 5. The lowest BCUT2D eigenvalue weighted by molar-refractivity contribution is 0.0861. The molecule has 1 aliphatic rings. The van der Waals surface area contributed by atoms with E-state index in [4.69, 9.17) is 4.74 Å². The van der Waals surface area contributed by atoms with E-state index in [0.29, 0.717) is 23.3 Å². The summed E-state index contributed by atoms with van der Waals surface area (Å²) in [5, 5.41) is 28.0. The maximum Gasteiger partial charge on any atom is 0.207 e. The molecule has 112 valence electrons. The van der Waals surface area contributed by atoms with Crippen molar-refractivity contribution < 1.29 is 24.9 Å². The lowest BCUT2D eigenvalue weighted by Crippen LogP contribution is -2.19. The van der Waals surface area contributed by atoms with Crippen LogP contribution in [0, 0.1) is 0 Å². The van der Waals surface area contributed by atoms with Crippen LogP contribution < -0.4 is 4.74 Å². The van der Waals surface area contributed by atoms with Gasteiger partial charge in [0.1, 0.15) is 11.5 Å². The highest BCUT2D eigenvalue weighted by molar-refractivity contribution is 6.04. The second-order valence-electron chi connectivity index (χ2n) is 5.04. The van der Waals surface area contributed by atoms with Gasteiger partial charge >= 0.3 is 0 Å². The molecule has 0 spiro atoms. The van der Waals surface area contributed by atoms with Gasteiger partial charge in [0.2, 0.25) is 5.78 Å². The van der Waals surface area contributed by atoms with Crippen LogP contribution in [0.25, 0.3) is 6.08 Å². The van der Waals surface area contributed by atoms with Gasteiger partial charge in [-0.1, -0.05) is 18.2 Å². The van der Waals surface area contributed by atoms with Gasteiger partial charge < -0.3 is 20.1 Å². The second kappa shape index (κ2) is 5.44. The van der Waals surface area contributed by atoms with Crippen molar-refractivity contribution in [2.75, 3.05) is 0 Å². The fourth-order valence-corrected chi connectivity index (χ4v) is 2.32. The maximum atomic E-state index is 12.1. The molecule has 1 unspecified atom stereocenters. The Morgan fingerprint density at radius 3 is 2.64 bits per heavy atom. The molecule has 22 heavy (non-hydrogen) atoms. The summed E-state index contributed by atoms with van der Waals surface area (Å²) in [5.74, 6) is -0.0406. The van der Waals surface area contributed by atoms with Crippen LogP contribution in [0.1, 0.15) is 22.3 Å². The third-order valence-corrected chi connectivity index (χ3v) is 3.45. The third kappa shape index (κ3) is 2.61. The Hall–Kier alpha value is -2.95. The molecule has 3 N–H and O–H groups in total. The molecule has 0 saturated heterocycles. The SMILES string of the molecule is O=C1c2ccc(O)cc2OC1C/C=C/c1ccc(O)c(O)c1. The number of Topliss-reactive ketones (excluding diaryl/α,β-unsaturated/α-hetero) is 1. The number of ether oxygens (including phenoxy) is 1. The van der Waals surface area contributed by atoms with Gasteiger partial charge in [-0.2, -0.15) is 0 Å². The number of phenols is 3. The first-order valence-corrected chi connectivity index (χ1v) is 6.77. The highest BCUT2D eigenvalue weighted by Crippen LogP contribution is 2.33. The zero-order chi connectivity index (χ0) is 15.7. The topological polar surface area (TPSA) is 87.0 Å². The predicted octanol–water partition coefficient (Wildman–Crippen LogP) is 2.85. The van der Waals surface area contributed by atoms with Gasteiger partial charge in [0, 0.05) is 12.5 Å². The Morgan fingerprint density at radius 2 is 1.86 bits per heavy atom. The van der Waals surface area contributed by atoms with Crippen LogP contribution in [0.15, 0.2) is 42.5 Å². The molecule has 1 aliphatic heterocycles. The van der Waals surface area contributed by atoms with Crippen LogP contribution in [-0.4, -0.2) is 27.2 Å². The van der Waals surface area contributed by atoms with Crippen molar-refractivity contribution in [3.05, 3.63) is 53.6 Å². The van der Waals surface area contributed by atoms with Gasteiger partial charge in [-0.25, -0.2) is 0 Å². The van der Waals surface area contributed by atoms with E-state index in [9.17, 15) is 20.1 Å². The van der Waals surface area contributed by atoms with Crippen LogP contribution >= 0.6 is 0 Å². The molecule has 5 heteroatoms. The molecule has 2 aromatic rings. The molecule has 0 aliphatic carbocycles. The number of carbonyl (C=O) groups is 1. The number of hydrogen-bond donors (Lipinski definition) is 3. The van der Waals surface area contributed by atoms with Crippen LogP contribution in [0.2, 0.25) is 0 Å². The Morgan fingerprint density at radius 1 is 1.05 bits per heavy atom. The molecular formula is C17H14O5. The first-order valence-electron chi connectivity index (χ1n) is 6.77. The van der Waals surface area contributed by atoms with Crippen LogP contribution in [-0.2, 0) is 0 Å². The fraction of sp³-hybridized carbons (Fsp3) is 0.118. The minimum atomic E-state index is -0.612. The summed E-state index contributed by atoms with van der Waals surface area (Å²) in [7, 11) is 0. The summed E-state index contributed by atoms with van der Waals surface area (Å²) >= 11 is 0. The summed E-state index contributed by atoms with van der Waals surface area (Å²) in [4.78, 5) is 12.1. The number of benzene rings is 2. The van der Waals surface area contributed by atoms with E-state index in [1.54, 1.807) is 24.3 Å². The lowest BCUT2D eigenvalue weighted by atomic mass is 10.1. The lowest BCUT2D eigenvalue weighted by Gasteiger charge is -2.06. The molecule has 1 heterocycles. The summed E-state index contributed by atoms with van der Waals surface area (Å²) in [6.45, 7) is 0. The normalized spacial score (nSPS) is 16.7. The van der Waals surface area contributed by atoms with E-state index >= 15 is 0 Å². The molecule has 0 radical (unpaired) electrons. The van der Waals surface area contributed by atoms with E-state index in [1.165, 1.54) is 24.3 Å². The number of phenolic OH excluding ortho intramolecular Hbond substituents is 3. The van der Waals surface area contributed by atoms with E-state index in [0.717, 1.165) is 0 Å². The standard InChI is InChI=1S/C17H14O5/c18-11-5-6-12-16(9-11)22-15(17(12)21)3-1-2-10-4-7-13(19)14(20)8-10/h1-2,4-9,15,18-20H,3H2/b2-1+. The Labute approximate surface area is 126 Å². The smallest absolute Gasteiger partial charge is 0.207 e. The van der Waals surface area contributed by atoms with Gasteiger partial charge in [-0.15, -0.1) is 0 Å². The molecule has 5 nitrogen and oxygen atoms in total. The molecule has 0 fully saturated rings. The van der Waals surface area contributed by atoms with Gasteiger partial charge in [-0.05, 0) is 29.8 Å². The van der Waals surface area contributed by atoms with Crippen molar-refractivity contribution in [1.29, 1.82) is 0 Å². The number of aromatic hydroxyl groups is 3. The predicted molar refractivity (Wildman–Crippen MR) is 80.3 cm³/mol. The highest BCUT2D eigenvalue weighted by atomic mass is 16.5. The first kappa shape index (κ1) is 14.0. The Balaban J connectivity index is 1.69.